The Hall–Kier alpha value is -2.65. The normalized spacial score (nSPS) is 16.7. The van der Waals surface area contributed by atoms with E-state index >= 15 is 0 Å². The van der Waals surface area contributed by atoms with E-state index in [1.807, 2.05) is 39.0 Å². The molecule has 2 aromatic rings. The Morgan fingerprint density at radius 1 is 1.17 bits per heavy atom. The van der Waals surface area contributed by atoms with Crippen LogP contribution in [0.15, 0.2) is 42.5 Å². The molecule has 7 nitrogen and oxygen atoms in total. The van der Waals surface area contributed by atoms with Crippen LogP contribution in [0.1, 0.15) is 51.5 Å². The molecular weight excluding hydrogens is 471 g/mol. The third kappa shape index (κ3) is 7.67. The van der Waals surface area contributed by atoms with Crippen molar-refractivity contribution in [3.8, 4) is 0 Å². The summed E-state index contributed by atoms with van der Waals surface area (Å²) < 4.78 is 43.2. The fraction of sp³-hybridized carbons (Fsp3) is 0.500. The SMILES string of the molecule is CCN(c1ccc([C@H](COC(C)C)CC(=O)O)cc1Nc1ccc(F)cc1)C1CCS(=O)(=O)CC1. The lowest BCUT2D eigenvalue weighted by molar-refractivity contribution is -0.138. The van der Waals surface area contributed by atoms with Crippen molar-refractivity contribution >= 4 is 32.9 Å². The van der Waals surface area contributed by atoms with Gasteiger partial charge in [0.1, 0.15) is 15.7 Å². The number of hydrogen-bond acceptors (Lipinski definition) is 6. The number of carboxylic acid groups (broad SMARTS) is 1. The average molecular weight is 507 g/mol. The van der Waals surface area contributed by atoms with Crippen molar-refractivity contribution in [3.05, 3.63) is 53.8 Å². The lowest BCUT2D eigenvalue weighted by Crippen LogP contribution is -2.41. The van der Waals surface area contributed by atoms with Crippen molar-refractivity contribution in [2.45, 2.75) is 58.1 Å². The molecule has 2 aromatic carbocycles. The van der Waals surface area contributed by atoms with Gasteiger partial charge in [-0.1, -0.05) is 6.07 Å². The lowest BCUT2D eigenvalue weighted by Gasteiger charge is -2.37. The zero-order chi connectivity index (χ0) is 25.6. The van der Waals surface area contributed by atoms with E-state index in [0.717, 1.165) is 16.9 Å². The monoisotopic (exact) mass is 506 g/mol. The van der Waals surface area contributed by atoms with Gasteiger partial charge in [0.2, 0.25) is 0 Å². The molecule has 3 rings (SSSR count). The Bertz CT molecular complexity index is 1090. The largest absolute Gasteiger partial charge is 0.481 e. The maximum atomic E-state index is 13.5. The van der Waals surface area contributed by atoms with Crippen LogP contribution in [0.5, 0.6) is 0 Å². The van der Waals surface area contributed by atoms with Crippen LogP contribution in [0, 0.1) is 5.82 Å². The summed E-state index contributed by atoms with van der Waals surface area (Å²) in [4.78, 5) is 13.7. The number of rotatable bonds is 11. The van der Waals surface area contributed by atoms with Crippen LogP contribution in [0.3, 0.4) is 0 Å². The zero-order valence-corrected chi connectivity index (χ0v) is 21.4. The quantitative estimate of drug-likeness (QED) is 0.445. The number of nitrogens with one attached hydrogen (secondary N) is 1. The molecule has 0 saturated carbocycles. The van der Waals surface area contributed by atoms with Crippen molar-refractivity contribution in [3.63, 3.8) is 0 Å². The molecule has 35 heavy (non-hydrogen) atoms. The predicted molar refractivity (Wildman–Crippen MR) is 137 cm³/mol. The Morgan fingerprint density at radius 3 is 2.40 bits per heavy atom. The molecule has 0 unspecified atom stereocenters. The number of halogens is 1. The zero-order valence-electron chi connectivity index (χ0n) is 20.5. The maximum absolute atomic E-state index is 13.5. The van der Waals surface area contributed by atoms with Crippen molar-refractivity contribution in [1.82, 2.24) is 0 Å². The van der Waals surface area contributed by atoms with E-state index in [9.17, 15) is 22.7 Å². The second kappa shape index (κ2) is 11.9. The van der Waals surface area contributed by atoms with Crippen LogP contribution >= 0.6 is 0 Å². The van der Waals surface area contributed by atoms with Crippen molar-refractivity contribution in [2.24, 2.45) is 0 Å². The molecule has 0 aliphatic carbocycles. The van der Waals surface area contributed by atoms with Gasteiger partial charge in [0.15, 0.2) is 0 Å². The van der Waals surface area contributed by atoms with Gasteiger partial charge in [-0.25, -0.2) is 12.8 Å². The number of hydrogen-bond donors (Lipinski definition) is 2. The van der Waals surface area contributed by atoms with Crippen LogP contribution in [-0.4, -0.2) is 56.3 Å². The third-order valence-electron chi connectivity index (χ3n) is 6.28. The predicted octanol–water partition coefficient (Wildman–Crippen LogP) is 4.96. The molecule has 1 aliphatic rings. The molecule has 1 heterocycles. The first-order chi connectivity index (χ1) is 16.6. The summed E-state index contributed by atoms with van der Waals surface area (Å²) in [6.45, 7) is 6.80. The smallest absolute Gasteiger partial charge is 0.304 e. The summed E-state index contributed by atoms with van der Waals surface area (Å²) in [6, 6.07) is 11.9. The van der Waals surface area contributed by atoms with Crippen molar-refractivity contribution < 1.29 is 27.4 Å². The van der Waals surface area contributed by atoms with Crippen LogP contribution in [0.4, 0.5) is 21.5 Å². The number of benzene rings is 2. The van der Waals surface area contributed by atoms with Gasteiger partial charge in [-0.3, -0.25) is 4.79 Å². The van der Waals surface area contributed by atoms with Gasteiger partial charge in [0.05, 0.1) is 42.0 Å². The van der Waals surface area contributed by atoms with E-state index in [4.69, 9.17) is 4.74 Å². The highest BCUT2D eigenvalue weighted by atomic mass is 32.2. The summed E-state index contributed by atoms with van der Waals surface area (Å²) in [7, 11) is -2.99. The van der Waals surface area contributed by atoms with E-state index in [1.165, 1.54) is 12.1 Å². The summed E-state index contributed by atoms with van der Waals surface area (Å²) in [5.41, 5.74) is 3.16. The minimum atomic E-state index is -2.99. The summed E-state index contributed by atoms with van der Waals surface area (Å²) in [6.07, 6.45) is 1.01. The Balaban J connectivity index is 1.99. The Labute approximate surface area is 207 Å². The topological polar surface area (TPSA) is 95.9 Å². The van der Waals surface area contributed by atoms with Gasteiger partial charge >= 0.3 is 5.97 Å². The van der Waals surface area contributed by atoms with E-state index in [1.54, 1.807) is 12.1 Å². The molecule has 1 saturated heterocycles. The second-order valence-corrected chi connectivity index (χ2v) is 11.6. The summed E-state index contributed by atoms with van der Waals surface area (Å²) >= 11 is 0. The molecule has 0 aromatic heterocycles. The minimum Gasteiger partial charge on any atom is -0.481 e. The fourth-order valence-electron chi connectivity index (χ4n) is 4.45. The summed E-state index contributed by atoms with van der Waals surface area (Å²) in [5.74, 6) is -1.25. The van der Waals surface area contributed by atoms with E-state index < -0.39 is 15.8 Å². The number of carbonyl (C=O) groups is 1. The summed E-state index contributed by atoms with van der Waals surface area (Å²) in [5, 5.41) is 12.8. The van der Waals surface area contributed by atoms with Crippen LogP contribution in [-0.2, 0) is 19.4 Å². The molecule has 1 atom stereocenters. The molecule has 0 amide bonds. The first kappa shape index (κ1) is 26.9. The van der Waals surface area contributed by atoms with Crippen molar-refractivity contribution in [2.75, 3.05) is 34.9 Å². The van der Waals surface area contributed by atoms with Gasteiger partial charge in [0.25, 0.3) is 0 Å². The lowest BCUT2D eigenvalue weighted by atomic mass is 9.94. The number of aliphatic carboxylic acids is 1. The number of sulfone groups is 1. The minimum absolute atomic E-state index is 0.0273. The number of ether oxygens (including phenoxy) is 1. The molecular formula is C26H35FN2O5S. The molecule has 0 spiro atoms. The average Bonchev–Trinajstić information content (AvgIpc) is 2.80. The number of carboxylic acids is 1. The van der Waals surface area contributed by atoms with Crippen LogP contribution in [0.25, 0.3) is 0 Å². The second-order valence-electron chi connectivity index (χ2n) is 9.25. The molecule has 1 aliphatic heterocycles. The molecule has 9 heteroatoms. The van der Waals surface area contributed by atoms with Crippen LogP contribution < -0.4 is 10.2 Å². The van der Waals surface area contributed by atoms with Gasteiger partial charge in [0, 0.05) is 24.2 Å². The van der Waals surface area contributed by atoms with E-state index in [2.05, 4.69) is 10.2 Å². The number of nitrogens with zero attached hydrogens (tertiary/aromatic N) is 1. The fourth-order valence-corrected chi connectivity index (χ4v) is 5.92. The highest BCUT2D eigenvalue weighted by molar-refractivity contribution is 7.91. The van der Waals surface area contributed by atoms with E-state index in [0.29, 0.717) is 25.1 Å². The van der Waals surface area contributed by atoms with Gasteiger partial charge < -0.3 is 20.1 Å². The molecule has 192 valence electrons. The van der Waals surface area contributed by atoms with Crippen LogP contribution in [0.2, 0.25) is 0 Å². The standard InChI is InChI=1S/C26H35FN2O5S/c1-4-29(23-11-13-35(32,33)14-12-23)25-10-5-19(20(16-26(30)31)17-34-18(2)3)15-24(25)28-22-8-6-21(27)7-9-22/h5-10,15,18,20,23,28H,4,11-14,16-17H2,1-3H3,(H,30,31)/t20-/m0/s1. The number of anilines is 3. The Kier molecular flexibility index (Phi) is 9.13. The molecule has 0 bridgehead atoms. The van der Waals surface area contributed by atoms with Gasteiger partial charge in [-0.2, -0.15) is 0 Å². The van der Waals surface area contributed by atoms with Crippen molar-refractivity contribution in [1.29, 1.82) is 0 Å². The first-order valence-electron chi connectivity index (χ1n) is 12.0. The Morgan fingerprint density at radius 2 is 1.83 bits per heavy atom. The third-order valence-corrected chi connectivity index (χ3v) is 8.00. The molecule has 0 radical (unpaired) electrons. The highest BCUT2D eigenvalue weighted by Crippen LogP contribution is 2.36. The van der Waals surface area contributed by atoms with Gasteiger partial charge in [-0.15, -0.1) is 0 Å². The van der Waals surface area contributed by atoms with Gasteiger partial charge in [-0.05, 0) is 75.6 Å². The molecule has 1 fully saturated rings. The first-order valence-corrected chi connectivity index (χ1v) is 13.9. The van der Waals surface area contributed by atoms with E-state index in [-0.39, 0.29) is 48.4 Å². The highest BCUT2D eigenvalue weighted by Gasteiger charge is 2.29. The maximum Gasteiger partial charge on any atom is 0.304 e. The molecule has 2 N–H and O–H groups in total.